The Labute approximate surface area is 347 Å². The molecule has 4 heterocycles. The standard InChI is InChI=1S/C45H45N5O10/c1-45-44(54)48(3)35-23-40(38(58-7)21-32(35)42(52)50(45)25-33(46-45)27-11-15-30(56-5)16-12-27)60-18-8-17-59-39-22-34-31(20-37(39)57-6)41(51)49-24-28(19-36(49)43(53)47(34)2)26-9-13-29(55-4)14-10-26/h9-16,20-24,36H,8,17-19,25H2,1-7H3. The highest BCUT2D eigenvalue weighted by atomic mass is 16.5. The van der Waals surface area contributed by atoms with Gasteiger partial charge in [0.2, 0.25) is 11.6 Å². The molecule has 0 N–H and O–H groups in total. The molecule has 15 heteroatoms. The number of anilines is 2. The smallest absolute Gasteiger partial charge is 0.275 e. The van der Waals surface area contributed by atoms with Crippen molar-refractivity contribution < 1.29 is 47.6 Å². The lowest BCUT2D eigenvalue weighted by Gasteiger charge is -2.30. The van der Waals surface area contributed by atoms with Crippen molar-refractivity contribution in [2.75, 3.05) is 72.1 Å². The third-order valence-corrected chi connectivity index (χ3v) is 11.5. The molecule has 8 rings (SSSR count). The Balaban J connectivity index is 0.954. The number of likely N-dealkylation sites (N-methyl/N-ethyl adjacent to an activating group) is 2. The quantitative estimate of drug-likeness (QED) is 0.169. The van der Waals surface area contributed by atoms with E-state index in [1.54, 1.807) is 65.7 Å². The minimum absolute atomic E-state index is 0.141. The van der Waals surface area contributed by atoms with E-state index in [9.17, 15) is 19.2 Å². The highest BCUT2D eigenvalue weighted by molar-refractivity contribution is 6.18. The number of rotatable bonds is 12. The van der Waals surface area contributed by atoms with Crippen LogP contribution in [0.3, 0.4) is 0 Å². The number of hydrogen-bond donors (Lipinski definition) is 0. The molecule has 4 aliphatic heterocycles. The van der Waals surface area contributed by atoms with Crippen LogP contribution in [0.2, 0.25) is 0 Å². The number of aliphatic imine (C=N–C) groups is 1. The van der Waals surface area contributed by atoms with Crippen molar-refractivity contribution in [3.63, 3.8) is 0 Å². The van der Waals surface area contributed by atoms with Crippen molar-refractivity contribution in [1.82, 2.24) is 9.80 Å². The van der Waals surface area contributed by atoms with Crippen molar-refractivity contribution in [1.29, 1.82) is 0 Å². The van der Waals surface area contributed by atoms with E-state index in [4.69, 9.17) is 33.4 Å². The molecule has 4 aromatic carbocycles. The summed E-state index contributed by atoms with van der Waals surface area (Å²) in [5.74, 6) is 1.46. The average Bonchev–Trinajstić information content (AvgIpc) is 3.87. The van der Waals surface area contributed by atoms with Gasteiger partial charge in [-0.3, -0.25) is 19.2 Å². The maximum atomic E-state index is 14.1. The van der Waals surface area contributed by atoms with E-state index in [0.717, 1.165) is 16.7 Å². The Kier molecular flexibility index (Phi) is 10.4. The normalized spacial score (nSPS) is 19.4. The van der Waals surface area contributed by atoms with E-state index in [1.165, 1.54) is 33.8 Å². The molecule has 0 aromatic heterocycles. The Bertz CT molecular complexity index is 2470. The second-order valence-corrected chi connectivity index (χ2v) is 14.9. The van der Waals surface area contributed by atoms with Gasteiger partial charge in [-0.1, -0.05) is 12.1 Å². The number of carbonyl (C=O) groups excluding carboxylic acids is 4. The maximum absolute atomic E-state index is 14.1. The van der Waals surface area contributed by atoms with Gasteiger partial charge in [-0.2, -0.15) is 0 Å². The number of hydrogen-bond acceptors (Lipinski definition) is 11. The lowest BCUT2D eigenvalue weighted by atomic mass is 10.0. The number of carbonyl (C=O) groups is 4. The minimum atomic E-state index is -1.47. The minimum Gasteiger partial charge on any atom is -0.497 e. The molecular formula is C45H45N5O10. The average molecular weight is 816 g/mol. The van der Waals surface area contributed by atoms with Crippen LogP contribution in [0.5, 0.6) is 34.5 Å². The van der Waals surface area contributed by atoms with E-state index in [1.807, 2.05) is 48.5 Å². The SMILES string of the molecule is COc1ccc(C2=CN3C(=O)c4cc(OC)c(OCCCOc5cc6c(cc5OC)C(=O)N5CC(c7ccc(OC)cc7)=NC5(C)C(=O)N6C)cc4N(C)C(=O)C3C2)cc1. The summed E-state index contributed by atoms with van der Waals surface area (Å²) in [7, 11) is 9.42. The molecule has 2 atom stereocenters. The van der Waals surface area contributed by atoms with Crippen LogP contribution in [0.15, 0.2) is 84.0 Å². The molecular weight excluding hydrogens is 771 g/mol. The fourth-order valence-electron chi connectivity index (χ4n) is 8.07. The first kappa shape index (κ1) is 39.8. The van der Waals surface area contributed by atoms with Crippen LogP contribution >= 0.6 is 0 Å². The van der Waals surface area contributed by atoms with Gasteiger partial charge in [-0.25, -0.2) is 4.99 Å². The summed E-state index contributed by atoms with van der Waals surface area (Å²) in [6.45, 7) is 2.16. The number of methoxy groups -OCH3 is 4. The molecule has 0 radical (unpaired) electrons. The zero-order valence-corrected chi connectivity index (χ0v) is 34.4. The van der Waals surface area contributed by atoms with Gasteiger partial charge in [0.15, 0.2) is 23.0 Å². The van der Waals surface area contributed by atoms with Crippen molar-refractivity contribution in [3.05, 3.63) is 101 Å². The van der Waals surface area contributed by atoms with E-state index in [2.05, 4.69) is 0 Å². The van der Waals surface area contributed by atoms with Crippen molar-refractivity contribution in [2.45, 2.75) is 31.5 Å². The van der Waals surface area contributed by atoms with Crippen molar-refractivity contribution in [3.8, 4) is 34.5 Å². The summed E-state index contributed by atoms with van der Waals surface area (Å²) in [6, 6.07) is 20.6. The van der Waals surface area contributed by atoms with Crippen LogP contribution in [0, 0.1) is 0 Å². The highest BCUT2D eigenvalue weighted by Gasteiger charge is 2.52. The van der Waals surface area contributed by atoms with Gasteiger partial charge in [0.1, 0.15) is 17.5 Å². The number of fused-ring (bicyclic) bond motifs is 4. The summed E-state index contributed by atoms with van der Waals surface area (Å²) in [4.78, 5) is 66.7. The van der Waals surface area contributed by atoms with Crippen molar-refractivity contribution >= 4 is 46.3 Å². The van der Waals surface area contributed by atoms with E-state index < -0.39 is 11.7 Å². The summed E-state index contributed by atoms with van der Waals surface area (Å²) in [5.41, 5.74) is 3.07. The molecule has 15 nitrogen and oxygen atoms in total. The Morgan fingerprint density at radius 2 is 1.20 bits per heavy atom. The van der Waals surface area contributed by atoms with E-state index in [0.29, 0.717) is 70.0 Å². The van der Waals surface area contributed by atoms with Gasteiger partial charge < -0.3 is 48.0 Å². The first-order valence-electron chi connectivity index (χ1n) is 19.4. The maximum Gasteiger partial charge on any atom is 0.275 e. The fraction of sp³-hybridized carbons (Fsp3) is 0.311. The van der Waals surface area contributed by atoms with Crippen LogP contribution in [0.1, 0.15) is 51.6 Å². The van der Waals surface area contributed by atoms with Gasteiger partial charge in [-0.05, 0) is 72.2 Å². The number of amides is 4. The Morgan fingerprint density at radius 3 is 1.75 bits per heavy atom. The molecule has 4 aliphatic rings. The largest absolute Gasteiger partial charge is 0.497 e. The summed E-state index contributed by atoms with van der Waals surface area (Å²) < 4.78 is 34.2. The lowest BCUT2D eigenvalue weighted by molar-refractivity contribution is -0.126. The first-order chi connectivity index (χ1) is 28.9. The third-order valence-electron chi connectivity index (χ3n) is 11.5. The molecule has 310 valence electrons. The molecule has 4 amide bonds. The van der Waals surface area contributed by atoms with Crippen LogP contribution < -0.4 is 38.2 Å². The molecule has 2 unspecified atom stereocenters. The van der Waals surface area contributed by atoms with Crippen LogP contribution in [0.25, 0.3) is 5.57 Å². The van der Waals surface area contributed by atoms with Crippen molar-refractivity contribution in [2.24, 2.45) is 4.99 Å². The second kappa shape index (κ2) is 15.6. The van der Waals surface area contributed by atoms with E-state index in [-0.39, 0.29) is 49.0 Å². The lowest BCUT2D eigenvalue weighted by Crippen LogP contribution is -2.53. The monoisotopic (exact) mass is 815 g/mol. The van der Waals surface area contributed by atoms with Gasteiger partial charge in [0, 0.05) is 45.3 Å². The Hall–Kier alpha value is -7.03. The van der Waals surface area contributed by atoms with Gasteiger partial charge >= 0.3 is 0 Å². The van der Waals surface area contributed by atoms with E-state index >= 15 is 0 Å². The summed E-state index contributed by atoms with van der Waals surface area (Å²) in [5, 5.41) is 0. The molecule has 0 bridgehead atoms. The van der Waals surface area contributed by atoms with Gasteiger partial charge in [-0.15, -0.1) is 0 Å². The number of ether oxygens (including phenoxy) is 6. The predicted molar refractivity (Wildman–Crippen MR) is 223 cm³/mol. The Morgan fingerprint density at radius 1 is 0.667 bits per heavy atom. The van der Waals surface area contributed by atoms with Crippen LogP contribution in [0.4, 0.5) is 11.4 Å². The molecule has 4 aromatic rings. The molecule has 0 saturated heterocycles. The van der Waals surface area contributed by atoms with Gasteiger partial charge in [0.25, 0.3) is 17.7 Å². The molecule has 60 heavy (non-hydrogen) atoms. The van der Waals surface area contributed by atoms with Gasteiger partial charge in [0.05, 0.1) is 76.4 Å². The summed E-state index contributed by atoms with van der Waals surface area (Å²) >= 11 is 0. The molecule has 0 aliphatic carbocycles. The molecule has 0 fully saturated rings. The zero-order chi connectivity index (χ0) is 42.5. The zero-order valence-electron chi connectivity index (χ0n) is 34.4. The van der Waals surface area contributed by atoms with Crippen LogP contribution in [-0.2, 0) is 9.59 Å². The second-order valence-electron chi connectivity index (χ2n) is 14.9. The highest BCUT2D eigenvalue weighted by Crippen LogP contribution is 2.43. The number of benzene rings is 4. The predicted octanol–water partition coefficient (Wildman–Crippen LogP) is 5.44. The molecule has 0 spiro atoms. The molecule has 0 saturated carbocycles. The topological polar surface area (TPSA) is 149 Å². The van der Waals surface area contributed by atoms with Crippen LogP contribution in [-0.4, -0.2) is 113 Å². The first-order valence-corrected chi connectivity index (χ1v) is 19.4. The summed E-state index contributed by atoms with van der Waals surface area (Å²) in [6.07, 6.45) is 2.52. The number of nitrogens with zero attached hydrogens (tertiary/aromatic N) is 5. The fourth-order valence-corrected chi connectivity index (χ4v) is 8.07. The third kappa shape index (κ3) is 6.69.